The monoisotopic (exact) mass is 392 g/mol. The molecule has 0 saturated carbocycles. The number of carbonyl (C=O) groups is 1. The van der Waals surface area contributed by atoms with Gasteiger partial charge in [0.05, 0.1) is 15.5 Å². The second-order valence-electron chi connectivity index (χ2n) is 6.47. The Balaban J connectivity index is 0.00000288. The number of piperidine rings is 1. The van der Waals surface area contributed by atoms with Gasteiger partial charge in [0.15, 0.2) is 0 Å². The maximum Gasteiger partial charge on any atom is 0.230 e. The molecule has 1 aliphatic heterocycles. The largest absolute Gasteiger partial charge is 0.352 e. The summed E-state index contributed by atoms with van der Waals surface area (Å²) >= 11 is 12.2. The van der Waals surface area contributed by atoms with E-state index in [1.807, 2.05) is 12.1 Å². The minimum absolute atomic E-state index is 0. The lowest BCUT2D eigenvalue weighted by Gasteiger charge is -2.35. The summed E-state index contributed by atoms with van der Waals surface area (Å²) in [4.78, 5) is 13.1. The normalized spacial score (nSPS) is 21.0. The van der Waals surface area contributed by atoms with Crippen molar-refractivity contribution in [1.29, 1.82) is 0 Å². The van der Waals surface area contributed by atoms with Gasteiger partial charge in [-0.2, -0.15) is 0 Å². The number of hydrogen-bond acceptors (Lipinski definition) is 2. The molecule has 1 aromatic carbocycles. The standard InChI is InChI=1S/C18H26Cl2N2O.ClH/c1-4-18(5-2,13-6-7-15(19)16(20)11-13)17(23)22-14-8-9-21-12(3)10-14;/h6-7,11-12,14,21H,4-5,8-10H2,1-3H3,(H,22,23);1H. The second kappa shape index (κ2) is 9.28. The van der Waals surface area contributed by atoms with Crippen LogP contribution in [0, 0.1) is 0 Å². The van der Waals surface area contributed by atoms with Gasteiger partial charge in [-0.25, -0.2) is 0 Å². The molecule has 2 unspecified atom stereocenters. The van der Waals surface area contributed by atoms with Crippen molar-refractivity contribution in [2.24, 2.45) is 0 Å². The lowest BCUT2D eigenvalue weighted by Crippen LogP contribution is -2.52. The molecular formula is C18H27Cl3N2O. The van der Waals surface area contributed by atoms with Crippen LogP contribution in [0.1, 0.15) is 52.0 Å². The molecule has 1 aliphatic rings. The number of halogens is 3. The molecule has 6 heteroatoms. The molecule has 1 aromatic rings. The van der Waals surface area contributed by atoms with Gasteiger partial charge in [0, 0.05) is 12.1 Å². The third kappa shape index (κ3) is 4.57. The van der Waals surface area contributed by atoms with E-state index in [1.165, 1.54) is 0 Å². The molecule has 24 heavy (non-hydrogen) atoms. The summed E-state index contributed by atoms with van der Waals surface area (Å²) in [5.74, 6) is 0.0972. The number of benzene rings is 1. The summed E-state index contributed by atoms with van der Waals surface area (Å²) in [6.45, 7) is 7.21. The number of carbonyl (C=O) groups excluding carboxylic acids is 1. The molecule has 3 nitrogen and oxygen atoms in total. The molecule has 2 rings (SSSR count). The van der Waals surface area contributed by atoms with Crippen molar-refractivity contribution in [1.82, 2.24) is 10.6 Å². The van der Waals surface area contributed by atoms with Gasteiger partial charge in [0.2, 0.25) is 5.91 Å². The summed E-state index contributed by atoms with van der Waals surface area (Å²) in [6, 6.07) is 6.21. The van der Waals surface area contributed by atoms with Gasteiger partial charge < -0.3 is 10.6 Å². The smallest absolute Gasteiger partial charge is 0.230 e. The van der Waals surface area contributed by atoms with Crippen LogP contribution < -0.4 is 10.6 Å². The average molecular weight is 394 g/mol. The van der Waals surface area contributed by atoms with Gasteiger partial charge in [-0.15, -0.1) is 12.4 Å². The Morgan fingerprint density at radius 2 is 1.96 bits per heavy atom. The van der Waals surface area contributed by atoms with Crippen LogP contribution in [0.2, 0.25) is 10.0 Å². The molecule has 0 radical (unpaired) electrons. The second-order valence-corrected chi connectivity index (χ2v) is 7.28. The van der Waals surface area contributed by atoms with Crippen LogP contribution in [0.5, 0.6) is 0 Å². The van der Waals surface area contributed by atoms with Gasteiger partial charge in [0.25, 0.3) is 0 Å². The maximum atomic E-state index is 13.1. The Bertz CT molecular complexity index is 561. The van der Waals surface area contributed by atoms with Crippen LogP contribution in [0.15, 0.2) is 18.2 Å². The van der Waals surface area contributed by atoms with Crippen LogP contribution in [-0.2, 0) is 10.2 Å². The summed E-state index contributed by atoms with van der Waals surface area (Å²) < 4.78 is 0. The Morgan fingerprint density at radius 3 is 2.50 bits per heavy atom. The van der Waals surface area contributed by atoms with E-state index in [2.05, 4.69) is 31.4 Å². The molecule has 2 N–H and O–H groups in total. The van der Waals surface area contributed by atoms with Gasteiger partial charge in [0.1, 0.15) is 0 Å². The first-order valence-electron chi connectivity index (χ1n) is 8.42. The van der Waals surface area contributed by atoms with E-state index in [4.69, 9.17) is 23.2 Å². The van der Waals surface area contributed by atoms with Gasteiger partial charge in [-0.05, 0) is 56.8 Å². The molecule has 0 bridgehead atoms. The first-order chi connectivity index (χ1) is 10.9. The van der Waals surface area contributed by atoms with E-state index in [1.54, 1.807) is 6.07 Å². The van der Waals surface area contributed by atoms with Crippen LogP contribution in [-0.4, -0.2) is 24.5 Å². The van der Waals surface area contributed by atoms with Gasteiger partial charge in [-0.1, -0.05) is 43.1 Å². The fourth-order valence-electron chi connectivity index (χ4n) is 3.49. The fraction of sp³-hybridized carbons (Fsp3) is 0.611. The number of hydrogen-bond donors (Lipinski definition) is 2. The third-order valence-corrected chi connectivity index (χ3v) is 5.81. The van der Waals surface area contributed by atoms with Crippen LogP contribution >= 0.6 is 35.6 Å². The summed E-state index contributed by atoms with van der Waals surface area (Å²) in [6.07, 6.45) is 3.40. The molecule has 1 heterocycles. The van der Waals surface area contributed by atoms with Crippen molar-refractivity contribution in [2.75, 3.05) is 6.54 Å². The van der Waals surface area contributed by atoms with E-state index in [9.17, 15) is 4.79 Å². The van der Waals surface area contributed by atoms with E-state index in [0.29, 0.717) is 16.1 Å². The third-order valence-electron chi connectivity index (χ3n) is 5.07. The zero-order chi connectivity index (χ0) is 17.0. The summed E-state index contributed by atoms with van der Waals surface area (Å²) in [5.41, 5.74) is 0.388. The van der Waals surface area contributed by atoms with E-state index in [-0.39, 0.29) is 24.4 Å². The van der Waals surface area contributed by atoms with E-state index < -0.39 is 5.41 Å². The van der Waals surface area contributed by atoms with Gasteiger partial charge >= 0.3 is 0 Å². The predicted octanol–water partition coefficient (Wildman–Crippen LogP) is 4.73. The quantitative estimate of drug-likeness (QED) is 0.759. The van der Waals surface area contributed by atoms with E-state index >= 15 is 0 Å². The minimum atomic E-state index is -0.553. The van der Waals surface area contributed by atoms with E-state index in [0.717, 1.165) is 37.8 Å². The molecular weight excluding hydrogens is 367 g/mol. The Kier molecular flexibility index (Phi) is 8.34. The molecule has 1 saturated heterocycles. The fourth-order valence-corrected chi connectivity index (χ4v) is 3.79. The zero-order valence-corrected chi connectivity index (χ0v) is 16.8. The van der Waals surface area contributed by atoms with Crippen molar-refractivity contribution >= 4 is 41.5 Å². The minimum Gasteiger partial charge on any atom is -0.352 e. The first-order valence-corrected chi connectivity index (χ1v) is 9.18. The van der Waals surface area contributed by atoms with Crippen LogP contribution in [0.4, 0.5) is 0 Å². The lowest BCUT2D eigenvalue weighted by molar-refractivity contribution is -0.128. The molecule has 0 aromatic heterocycles. The van der Waals surface area contributed by atoms with Crippen molar-refractivity contribution < 1.29 is 4.79 Å². The van der Waals surface area contributed by atoms with Crippen molar-refractivity contribution in [3.8, 4) is 0 Å². The number of nitrogens with one attached hydrogen (secondary N) is 2. The molecule has 136 valence electrons. The summed E-state index contributed by atoms with van der Waals surface area (Å²) in [5, 5.41) is 7.70. The highest BCUT2D eigenvalue weighted by atomic mass is 35.5. The SMILES string of the molecule is CCC(CC)(C(=O)NC1CCNC(C)C1)c1ccc(Cl)c(Cl)c1.Cl. The topological polar surface area (TPSA) is 41.1 Å². The Morgan fingerprint density at radius 1 is 1.29 bits per heavy atom. The van der Waals surface area contributed by atoms with Crippen molar-refractivity contribution in [3.63, 3.8) is 0 Å². The Labute approximate surface area is 161 Å². The van der Waals surface area contributed by atoms with Crippen LogP contribution in [0.25, 0.3) is 0 Å². The molecule has 0 spiro atoms. The number of rotatable bonds is 5. The first kappa shape index (κ1) is 21.6. The average Bonchev–Trinajstić information content (AvgIpc) is 2.52. The number of amides is 1. The Hall–Kier alpha value is -0.480. The van der Waals surface area contributed by atoms with Gasteiger partial charge in [-0.3, -0.25) is 4.79 Å². The predicted molar refractivity (Wildman–Crippen MR) is 105 cm³/mol. The highest BCUT2D eigenvalue weighted by molar-refractivity contribution is 6.42. The lowest BCUT2D eigenvalue weighted by atomic mass is 9.74. The highest BCUT2D eigenvalue weighted by Crippen LogP contribution is 2.36. The van der Waals surface area contributed by atoms with Crippen molar-refractivity contribution in [3.05, 3.63) is 33.8 Å². The molecule has 1 fully saturated rings. The molecule has 2 atom stereocenters. The molecule has 0 aliphatic carbocycles. The maximum absolute atomic E-state index is 13.1. The summed E-state index contributed by atoms with van der Waals surface area (Å²) in [7, 11) is 0. The zero-order valence-electron chi connectivity index (χ0n) is 14.5. The molecule has 1 amide bonds. The van der Waals surface area contributed by atoms with Crippen molar-refractivity contribution in [2.45, 2.75) is 64.0 Å². The van der Waals surface area contributed by atoms with Crippen LogP contribution in [0.3, 0.4) is 0 Å². The highest BCUT2D eigenvalue weighted by Gasteiger charge is 2.38.